The first-order valence-electron chi connectivity index (χ1n) is 4.05. The number of rotatable bonds is 3. The Labute approximate surface area is 74.6 Å². The predicted octanol–water partition coefficient (Wildman–Crippen LogP) is 1.54. The maximum Gasteiger partial charge on any atom is 0.0587 e. The molecule has 1 N–H and O–H groups in total. The lowest BCUT2D eigenvalue weighted by Crippen LogP contribution is -2.12. The highest BCUT2D eigenvalue weighted by Gasteiger charge is 1.72. The van der Waals surface area contributed by atoms with Gasteiger partial charge in [0.2, 0.25) is 0 Å². The number of ether oxygens (including phenoxy) is 1. The van der Waals surface area contributed by atoms with Gasteiger partial charge in [0.15, 0.2) is 0 Å². The Morgan fingerprint density at radius 3 is 1.58 bits per heavy atom. The van der Waals surface area contributed by atoms with Gasteiger partial charge in [-0.3, -0.25) is 0 Å². The maximum absolute atomic E-state index is 4.72. The molecule has 0 atom stereocenters. The minimum atomic E-state index is 0.802. The Balaban J connectivity index is 0.000000202. The van der Waals surface area contributed by atoms with Crippen molar-refractivity contribution >= 4 is 0 Å². The normalized spacial score (nSPS) is 8.50. The van der Waals surface area contributed by atoms with Crippen molar-refractivity contribution in [3.05, 3.63) is 36.4 Å². The van der Waals surface area contributed by atoms with Crippen LogP contribution in [0.25, 0.3) is 0 Å². The largest absolute Gasteiger partial charge is 0.383 e. The third kappa shape index (κ3) is 9.14. The second-order valence-electron chi connectivity index (χ2n) is 2.25. The second kappa shape index (κ2) is 10.1. The standard InChI is InChI=1S/C6H6.C4H11NO/c1-2-4-6-5-3-1;1-5-3-4-6-2/h1-6H;5H,3-4H2,1-2H3. The van der Waals surface area contributed by atoms with Crippen LogP contribution < -0.4 is 5.32 Å². The van der Waals surface area contributed by atoms with Crippen LogP contribution in [0, 0.1) is 0 Å². The first-order chi connectivity index (χ1) is 5.91. The van der Waals surface area contributed by atoms with Crippen molar-refractivity contribution in [3.63, 3.8) is 0 Å². The van der Waals surface area contributed by atoms with Crippen LogP contribution in [-0.4, -0.2) is 27.3 Å². The van der Waals surface area contributed by atoms with E-state index in [1.165, 1.54) is 0 Å². The number of likely N-dealkylation sites (N-methyl/N-ethyl adjacent to an activating group) is 1. The van der Waals surface area contributed by atoms with Crippen LogP contribution in [-0.2, 0) is 4.74 Å². The van der Waals surface area contributed by atoms with Crippen LogP contribution in [0.3, 0.4) is 0 Å². The number of hydrogen-bond acceptors (Lipinski definition) is 2. The van der Waals surface area contributed by atoms with Crippen molar-refractivity contribution in [2.24, 2.45) is 0 Å². The molecule has 1 aromatic rings. The zero-order chi connectivity index (χ0) is 9.07. The molecule has 0 aromatic heterocycles. The first kappa shape index (κ1) is 11.1. The molecule has 1 rings (SSSR count). The van der Waals surface area contributed by atoms with Crippen molar-refractivity contribution < 1.29 is 4.74 Å². The van der Waals surface area contributed by atoms with Crippen molar-refractivity contribution in [3.8, 4) is 0 Å². The fourth-order valence-corrected chi connectivity index (χ4v) is 0.589. The molecular formula is C10H17NO. The Kier molecular flexibility index (Phi) is 9.41. The fraction of sp³-hybridized carbons (Fsp3) is 0.400. The van der Waals surface area contributed by atoms with E-state index in [0.717, 1.165) is 13.2 Å². The Hall–Kier alpha value is -0.860. The molecule has 2 nitrogen and oxygen atoms in total. The molecule has 2 heteroatoms. The van der Waals surface area contributed by atoms with Crippen LogP contribution in [0.15, 0.2) is 36.4 Å². The topological polar surface area (TPSA) is 21.3 Å². The molecular weight excluding hydrogens is 150 g/mol. The minimum Gasteiger partial charge on any atom is -0.383 e. The Bertz CT molecular complexity index is 122. The number of hydrogen-bond donors (Lipinski definition) is 1. The summed E-state index contributed by atoms with van der Waals surface area (Å²) in [6.45, 7) is 1.74. The molecule has 0 saturated heterocycles. The molecule has 0 aliphatic rings. The molecule has 0 saturated carbocycles. The average Bonchev–Trinajstić information content (AvgIpc) is 2.18. The smallest absolute Gasteiger partial charge is 0.0587 e. The van der Waals surface area contributed by atoms with Crippen LogP contribution in [0.2, 0.25) is 0 Å². The molecule has 0 amide bonds. The minimum absolute atomic E-state index is 0.802. The summed E-state index contributed by atoms with van der Waals surface area (Å²) in [4.78, 5) is 0. The van der Waals surface area contributed by atoms with Crippen molar-refractivity contribution in [1.29, 1.82) is 0 Å². The number of benzene rings is 1. The molecule has 0 fully saturated rings. The van der Waals surface area contributed by atoms with Gasteiger partial charge in [-0.15, -0.1) is 0 Å². The summed E-state index contributed by atoms with van der Waals surface area (Å²) in [6, 6.07) is 12.0. The SMILES string of the molecule is CNCCOC.c1ccccc1. The van der Waals surface area contributed by atoms with Crippen LogP contribution in [0.1, 0.15) is 0 Å². The highest BCUT2D eigenvalue weighted by Crippen LogP contribution is 1.79. The van der Waals surface area contributed by atoms with Crippen LogP contribution in [0.5, 0.6) is 0 Å². The van der Waals surface area contributed by atoms with Gasteiger partial charge < -0.3 is 10.1 Å². The van der Waals surface area contributed by atoms with Gasteiger partial charge in [-0.25, -0.2) is 0 Å². The summed E-state index contributed by atoms with van der Waals surface area (Å²) in [5.41, 5.74) is 0. The van der Waals surface area contributed by atoms with Crippen LogP contribution in [0.4, 0.5) is 0 Å². The second-order valence-corrected chi connectivity index (χ2v) is 2.25. The average molecular weight is 167 g/mol. The highest BCUT2D eigenvalue weighted by atomic mass is 16.5. The van der Waals surface area contributed by atoms with E-state index < -0.39 is 0 Å². The fourth-order valence-electron chi connectivity index (χ4n) is 0.589. The predicted molar refractivity (Wildman–Crippen MR) is 52.2 cm³/mol. The molecule has 0 spiro atoms. The molecule has 0 aliphatic heterocycles. The number of nitrogens with one attached hydrogen (secondary N) is 1. The van der Waals surface area contributed by atoms with E-state index in [1.807, 2.05) is 43.4 Å². The van der Waals surface area contributed by atoms with E-state index in [2.05, 4.69) is 5.32 Å². The van der Waals surface area contributed by atoms with Gasteiger partial charge >= 0.3 is 0 Å². The zero-order valence-electron chi connectivity index (χ0n) is 7.79. The Morgan fingerprint density at radius 1 is 1.00 bits per heavy atom. The highest BCUT2D eigenvalue weighted by molar-refractivity contribution is 4.99. The molecule has 0 bridgehead atoms. The van der Waals surface area contributed by atoms with E-state index in [0.29, 0.717) is 0 Å². The maximum atomic E-state index is 4.72. The van der Waals surface area contributed by atoms with Gasteiger partial charge in [0.25, 0.3) is 0 Å². The molecule has 0 radical (unpaired) electrons. The lowest BCUT2D eigenvalue weighted by atomic mass is 10.4. The van der Waals surface area contributed by atoms with Gasteiger partial charge in [0.1, 0.15) is 0 Å². The first-order valence-corrected chi connectivity index (χ1v) is 4.05. The molecule has 1 aromatic carbocycles. The molecule has 68 valence electrons. The quantitative estimate of drug-likeness (QED) is 0.689. The van der Waals surface area contributed by atoms with Gasteiger partial charge in [-0.2, -0.15) is 0 Å². The molecule has 12 heavy (non-hydrogen) atoms. The zero-order valence-corrected chi connectivity index (χ0v) is 7.79. The summed E-state index contributed by atoms with van der Waals surface area (Å²) in [5.74, 6) is 0. The van der Waals surface area contributed by atoms with Crippen molar-refractivity contribution in [1.82, 2.24) is 5.32 Å². The van der Waals surface area contributed by atoms with Gasteiger partial charge in [-0.05, 0) is 7.05 Å². The summed E-state index contributed by atoms with van der Waals surface area (Å²) >= 11 is 0. The van der Waals surface area contributed by atoms with E-state index in [-0.39, 0.29) is 0 Å². The van der Waals surface area contributed by atoms with Gasteiger partial charge in [-0.1, -0.05) is 36.4 Å². The third-order valence-corrected chi connectivity index (χ3v) is 1.22. The van der Waals surface area contributed by atoms with Gasteiger partial charge in [0, 0.05) is 13.7 Å². The van der Waals surface area contributed by atoms with Crippen molar-refractivity contribution in [2.75, 3.05) is 27.3 Å². The Morgan fingerprint density at radius 2 is 1.42 bits per heavy atom. The van der Waals surface area contributed by atoms with E-state index in [1.54, 1.807) is 7.11 Å². The van der Waals surface area contributed by atoms with Crippen LogP contribution >= 0.6 is 0 Å². The summed E-state index contributed by atoms with van der Waals surface area (Å²) in [7, 11) is 3.59. The van der Waals surface area contributed by atoms with E-state index >= 15 is 0 Å². The molecule has 0 unspecified atom stereocenters. The molecule has 0 aliphatic carbocycles. The lowest BCUT2D eigenvalue weighted by molar-refractivity contribution is 0.201. The van der Waals surface area contributed by atoms with Gasteiger partial charge in [0.05, 0.1) is 6.61 Å². The summed E-state index contributed by atoms with van der Waals surface area (Å²) in [6.07, 6.45) is 0. The van der Waals surface area contributed by atoms with Crippen molar-refractivity contribution in [2.45, 2.75) is 0 Å². The summed E-state index contributed by atoms with van der Waals surface area (Å²) < 4.78 is 4.72. The van der Waals surface area contributed by atoms with E-state index in [9.17, 15) is 0 Å². The van der Waals surface area contributed by atoms with E-state index in [4.69, 9.17) is 4.74 Å². The molecule has 0 heterocycles. The monoisotopic (exact) mass is 167 g/mol. The lowest BCUT2D eigenvalue weighted by Gasteiger charge is -1.92. The third-order valence-electron chi connectivity index (χ3n) is 1.22. The summed E-state index contributed by atoms with van der Waals surface area (Å²) in [5, 5.41) is 2.94. The number of methoxy groups -OCH3 is 1.